The maximum Gasteiger partial charge on any atom is 0.347 e. The molecule has 0 bridgehead atoms. The van der Waals surface area contributed by atoms with E-state index in [9.17, 15) is 23.1 Å². The van der Waals surface area contributed by atoms with Gasteiger partial charge in [-0.05, 0) is 62.8 Å². The predicted octanol–water partition coefficient (Wildman–Crippen LogP) is 3.37. The van der Waals surface area contributed by atoms with Gasteiger partial charge in [0.2, 0.25) is 0 Å². The lowest BCUT2D eigenvalue weighted by Gasteiger charge is -2.26. The fourth-order valence-electron chi connectivity index (χ4n) is 4.21. The zero-order valence-corrected chi connectivity index (χ0v) is 21.5. The smallest absolute Gasteiger partial charge is 0.347 e. The first-order chi connectivity index (χ1) is 15.7. The van der Waals surface area contributed by atoms with Gasteiger partial charge in [0.25, 0.3) is 10.2 Å². The average molecular weight is 507 g/mol. The maximum absolute atomic E-state index is 13.4. The van der Waals surface area contributed by atoms with E-state index in [2.05, 4.69) is 0 Å². The molecule has 0 radical (unpaired) electrons. The van der Waals surface area contributed by atoms with Gasteiger partial charge in [-0.2, -0.15) is 12.7 Å². The number of aryl methyl sites for hydroxylation is 2. The van der Waals surface area contributed by atoms with Crippen molar-refractivity contribution >= 4 is 33.7 Å². The second-order valence-corrected chi connectivity index (χ2v) is 11.5. The fourth-order valence-corrected chi connectivity index (χ4v) is 5.35. The van der Waals surface area contributed by atoms with Gasteiger partial charge in [-0.15, -0.1) is 11.8 Å². The monoisotopic (exact) mass is 506 g/mol. The standard InChI is InChI=1S/C24H30N2O6S2/c1-14-10-17(11-15(2)22(14)32-24(3,4)23(28)29)19-12-26(34(25,30)31)13-20(19)21(27)16-6-8-18(33-5)9-7-16/h6-11,19-20H,12-13H2,1-5H3,(H,28,29)(H2,25,30,31)/t19-,20+/m1/s1. The number of benzene rings is 2. The first-order valence-corrected chi connectivity index (χ1v) is 13.5. The topological polar surface area (TPSA) is 127 Å². The van der Waals surface area contributed by atoms with E-state index in [4.69, 9.17) is 9.88 Å². The van der Waals surface area contributed by atoms with E-state index in [1.807, 2.05) is 30.5 Å². The van der Waals surface area contributed by atoms with Crippen molar-refractivity contribution in [2.45, 2.75) is 44.1 Å². The third-order valence-corrected chi connectivity index (χ3v) is 7.90. The molecule has 0 aromatic heterocycles. The number of rotatable bonds is 8. The molecule has 34 heavy (non-hydrogen) atoms. The number of nitrogens with zero attached hydrogens (tertiary/aromatic N) is 1. The van der Waals surface area contributed by atoms with Crippen LogP contribution in [0.5, 0.6) is 5.75 Å². The Balaban J connectivity index is 2.00. The SMILES string of the molecule is CSc1ccc(C(=O)[C@H]2CN(S(N)(=O)=O)C[C@@H]2c2cc(C)c(OC(C)(C)C(=O)O)c(C)c2)cc1. The minimum atomic E-state index is -3.98. The van der Waals surface area contributed by atoms with Crippen molar-refractivity contribution in [1.82, 2.24) is 4.31 Å². The van der Waals surface area contributed by atoms with Crippen molar-refractivity contribution in [3.63, 3.8) is 0 Å². The second kappa shape index (κ2) is 9.69. The van der Waals surface area contributed by atoms with E-state index in [1.165, 1.54) is 13.8 Å². The summed E-state index contributed by atoms with van der Waals surface area (Å²) in [6.45, 7) is 6.62. The Morgan fingerprint density at radius 2 is 1.68 bits per heavy atom. The largest absolute Gasteiger partial charge is 0.478 e. The van der Waals surface area contributed by atoms with Crippen LogP contribution in [0.3, 0.4) is 0 Å². The number of thioether (sulfide) groups is 1. The molecule has 1 aliphatic rings. The van der Waals surface area contributed by atoms with Gasteiger partial charge in [0, 0.05) is 35.4 Å². The highest BCUT2D eigenvalue weighted by molar-refractivity contribution is 7.98. The summed E-state index contributed by atoms with van der Waals surface area (Å²) < 4.78 is 31.2. The van der Waals surface area contributed by atoms with Gasteiger partial charge < -0.3 is 9.84 Å². The highest BCUT2D eigenvalue weighted by atomic mass is 32.2. The van der Waals surface area contributed by atoms with Gasteiger partial charge >= 0.3 is 5.97 Å². The summed E-state index contributed by atoms with van der Waals surface area (Å²) in [5, 5.41) is 14.8. The third-order valence-electron chi connectivity index (χ3n) is 6.14. The zero-order chi connectivity index (χ0) is 25.4. The first kappa shape index (κ1) is 26.2. The van der Waals surface area contributed by atoms with E-state index in [-0.39, 0.29) is 18.9 Å². The lowest BCUT2D eigenvalue weighted by molar-refractivity contribution is -0.152. The molecule has 1 saturated heterocycles. The number of Topliss-reactive ketones (excluding diaryl/α,β-unsaturated/α-hetero) is 1. The number of hydrogen-bond acceptors (Lipinski definition) is 6. The van der Waals surface area contributed by atoms with Crippen LogP contribution in [-0.2, 0) is 15.0 Å². The molecule has 1 fully saturated rings. The lowest BCUT2D eigenvalue weighted by atomic mass is 9.82. The second-order valence-electron chi connectivity index (χ2n) is 9.07. The molecular formula is C24H30N2O6S2. The molecule has 1 heterocycles. The summed E-state index contributed by atoms with van der Waals surface area (Å²) >= 11 is 1.57. The zero-order valence-electron chi connectivity index (χ0n) is 19.9. The Morgan fingerprint density at radius 3 is 2.15 bits per heavy atom. The summed E-state index contributed by atoms with van der Waals surface area (Å²) in [5.41, 5.74) is 1.28. The molecule has 3 rings (SSSR count). The molecule has 0 spiro atoms. The van der Waals surface area contributed by atoms with Crippen LogP contribution in [0.2, 0.25) is 0 Å². The van der Waals surface area contributed by atoms with Crippen LogP contribution in [0.1, 0.15) is 46.8 Å². The van der Waals surface area contributed by atoms with Gasteiger partial charge in [0.1, 0.15) is 5.75 Å². The Morgan fingerprint density at radius 1 is 1.12 bits per heavy atom. The van der Waals surface area contributed by atoms with E-state index in [0.29, 0.717) is 22.4 Å². The fraction of sp³-hybridized carbons (Fsp3) is 0.417. The molecule has 0 unspecified atom stereocenters. The van der Waals surface area contributed by atoms with Crippen molar-refractivity contribution in [2.24, 2.45) is 11.1 Å². The number of carboxylic acids is 1. The van der Waals surface area contributed by atoms with Gasteiger partial charge in [0.15, 0.2) is 11.4 Å². The van der Waals surface area contributed by atoms with Crippen LogP contribution in [0.15, 0.2) is 41.3 Å². The number of ketones is 1. The van der Waals surface area contributed by atoms with Crippen LogP contribution in [0.25, 0.3) is 0 Å². The number of aliphatic carboxylic acids is 1. The van der Waals surface area contributed by atoms with Crippen LogP contribution in [0, 0.1) is 19.8 Å². The van der Waals surface area contributed by atoms with E-state index in [1.54, 1.807) is 37.7 Å². The summed E-state index contributed by atoms with van der Waals surface area (Å²) in [4.78, 5) is 26.0. The number of carbonyl (C=O) groups excluding carboxylic acids is 1. The molecule has 0 amide bonds. The van der Waals surface area contributed by atoms with Crippen LogP contribution in [-0.4, -0.2) is 54.5 Å². The van der Waals surface area contributed by atoms with Gasteiger partial charge in [0.05, 0.1) is 0 Å². The molecule has 184 valence electrons. The third kappa shape index (κ3) is 5.46. The molecule has 0 aliphatic carbocycles. The number of ether oxygens (including phenoxy) is 1. The van der Waals surface area contributed by atoms with Crippen LogP contribution >= 0.6 is 11.8 Å². The summed E-state index contributed by atoms with van der Waals surface area (Å²) in [6.07, 6.45) is 1.95. The van der Waals surface area contributed by atoms with Gasteiger partial charge in [-0.3, -0.25) is 4.79 Å². The van der Waals surface area contributed by atoms with Crippen molar-refractivity contribution in [1.29, 1.82) is 0 Å². The predicted molar refractivity (Wildman–Crippen MR) is 132 cm³/mol. The molecule has 8 nitrogen and oxygen atoms in total. The Labute approximate surface area is 204 Å². The van der Waals surface area contributed by atoms with Crippen molar-refractivity contribution < 1.29 is 27.9 Å². The minimum Gasteiger partial charge on any atom is -0.478 e. The summed E-state index contributed by atoms with van der Waals surface area (Å²) in [7, 11) is -3.98. The number of nitrogens with two attached hydrogens (primary N) is 1. The molecule has 2 aromatic rings. The van der Waals surface area contributed by atoms with Crippen LogP contribution < -0.4 is 9.88 Å². The first-order valence-electron chi connectivity index (χ1n) is 10.7. The number of carboxylic acid groups (broad SMARTS) is 1. The van der Waals surface area contributed by atoms with E-state index in [0.717, 1.165) is 14.8 Å². The molecule has 2 aromatic carbocycles. The summed E-state index contributed by atoms with van der Waals surface area (Å²) in [6, 6.07) is 10.9. The van der Waals surface area contributed by atoms with Crippen LogP contribution in [0.4, 0.5) is 0 Å². The average Bonchev–Trinajstić information content (AvgIpc) is 3.21. The van der Waals surface area contributed by atoms with E-state index < -0.39 is 33.6 Å². The highest BCUT2D eigenvalue weighted by Gasteiger charge is 2.42. The molecular weight excluding hydrogens is 476 g/mol. The van der Waals surface area contributed by atoms with E-state index >= 15 is 0 Å². The van der Waals surface area contributed by atoms with Crippen molar-refractivity contribution in [3.05, 3.63) is 58.7 Å². The highest BCUT2D eigenvalue weighted by Crippen LogP contribution is 2.39. The molecule has 2 atom stereocenters. The van der Waals surface area contributed by atoms with Gasteiger partial charge in [-0.25, -0.2) is 9.93 Å². The quantitative estimate of drug-likeness (QED) is 0.415. The Kier molecular flexibility index (Phi) is 7.47. The lowest BCUT2D eigenvalue weighted by Crippen LogP contribution is -2.38. The number of hydrogen-bond donors (Lipinski definition) is 2. The minimum absolute atomic E-state index is 0.00496. The van der Waals surface area contributed by atoms with Gasteiger partial charge in [-0.1, -0.05) is 24.3 Å². The molecule has 1 aliphatic heterocycles. The Hall–Kier alpha value is -2.40. The summed E-state index contributed by atoms with van der Waals surface area (Å²) in [5.74, 6) is -1.81. The maximum atomic E-state index is 13.4. The number of carbonyl (C=O) groups is 2. The Bertz CT molecular complexity index is 1190. The van der Waals surface area contributed by atoms with Crippen molar-refractivity contribution in [2.75, 3.05) is 19.3 Å². The molecule has 0 saturated carbocycles. The normalized spacial score (nSPS) is 19.2. The molecule has 10 heteroatoms. The molecule has 3 N–H and O–H groups in total. The van der Waals surface area contributed by atoms with Crippen molar-refractivity contribution in [3.8, 4) is 5.75 Å².